The molecule has 0 aliphatic carbocycles. The number of carboxylic acid groups (broad SMARTS) is 1. The van der Waals surface area contributed by atoms with E-state index in [0.717, 1.165) is 5.56 Å². The van der Waals surface area contributed by atoms with Crippen LogP contribution in [-0.4, -0.2) is 36.7 Å². The molecule has 10 heteroatoms. The van der Waals surface area contributed by atoms with Crippen molar-refractivity contribution in [1.29, 1.82) is 0 Å². The molecular formula is C21H17F3N4O3. The van der Waals surface area contributed by atoms with Gasteiger partial charge in [0.05, 0.1) is 23.5 Å². The lowest BCUT2D eigenvalue weighted by molar-refractivity contribution is -0.132. The number of aromatic nitrogens is 3. The largest absolute Gasteiger partial charge is 0.506 e. The van der Waals surface area contributed by atoms with E-state index >= 15 is 0 Å². The molecule has 160 valence electrons. The third-order valence-corrected chi connectivity index (χ3v) is 4.35. The summed E-state index contributed by atoms with van der Waals surface area (Å²) in [4.78, 5) is 19.9. The van der Waals surface area contributed by atoms with Crippen molar-refractivity contribution in [1.82, 2.24) is 14.8 Å². The number of nitrogens with zero attached hydrogens (tertiary/aromatic N) is 4. The van der Waals surface area contributed by atoms with Gasteiger partial charge in [-0.3, -0.25) is 4.99 Å². The van der Waals surface area contributed by atoms with E-state index in [2.05, 4.69) is 15.1 Å². The number of hydrogen-bond acceptors (Lipinski definition) is 5. The normalized spacial score (nSPS) is 12.6. The van der Waals surface area contributed by atoms with Crippen LogP contribution in [-0.2, 0) is 11.3 Å². The Morgan fingerprint density at radius 1 is 1.06 bits per heavy atom. The Hall–Kier alpha value is -3.95. The second-order valence-corrected chi connectivity index (χ2v) is 6.45. The first-order valence-electron chi connectivity index (χ1n) is 9.10. The zero-order chi connectivity index (χ0) is 22.5. The molecular weight excluding hydrogens is 413 g/mol. The van der Waals surface area contributed by atoms with Crippen LogP contribution >= 0.6 is 0 Å². The summed E-state index contributed by atoms with van der Waals surface area (Å²) in [5.74, 6) is -6.83. The fourth-order valence-electron chi connectivity index (χ4n) is 2.84. The Morgan fingerprint density at radius 3 is 2.32 bits per heavy atom. The fraction of sp³-hybridized carbons (Fsp3) is 0.143. The molecule has 0 amide bonds. The maximum atomic E-state index is 14.1. The predicted octanol–water partition coefficient (Wildman–Crippen LogP) is 4.28. The topological polar surface area (TPSA) is 101 Å². The number of halogens is 3. The van der Waals surface area contributed by atoms with Crippen LogP contribution in [0.3, 0.4) is 0 Å². The van der Waals surface area contributed by atoms with Crippen LogP contribution in [0.15, 0.2) is 59.6 Å². The van der Waals surface area contributed by atoms with Crippen molar-refractivity contribution in [2.45, 2.75) is 19.9 Å². The number of aliphatic hydroxyl groups excluding tert-OH is 1. The second-order valence-electron chi connectivity index (χ2n) is 6.45. The Bertz CT molecular complexity index is 1160. The number of carboxylic acids is 1. The highest BCUT2D eigenvalue weighted by Gasteiger charge is 2.24. The number of rotatable bonds is 7. The van der Waals surface area contributed by atoms with Gasteiger partial charge in [0.2, 0.25) is 0 Å². The van der Waals surface area contributed by atoms with Crippen LogP contribution in [0.1, 0.15) is 24.5 Å². The van der Waals surface area contributed by atoms with E-state index in [4.69, 9.17) is 0 Å². The Balaban J connectivity index is 1.99. The van der Waals surface area contributed by atoms with Crippen LogP contribution < -0.4 is 0 Å². The van der Waals surface area contributed by atoms with E-state index in [1.54, 1.807) is 42.2 Å². The van der Waals surface area contributed by atoms with Gasteiger partial charge in [-0.05, 0) is 30.2 Å². The van der Waals surface area contributed by atoms with Crippen molar-refractivity contribution in [2.24, 2.45) is 4.99 Å². The highest BCUT2D eigenvalue weighted by Crippen LogP contribution is 2.25. The van der Waals surface area contributed by atoms with Gasteiger partial charge < -0.3 is 10.2 Å². The first-order chi connectivity index (χ1) is 14.8. The van der Waals surface area contributed by atoms with Gasteiger partial charge in [-0.25, -0.2) is 27.6 Å². The quantitative estimate of drug-likeness (QED) is 0.252. The molecule has 7 nitrogen and oxygen atoms in total. The van der Waals surface area contributed by atoms with E-state index in [1.807, 2.05) is 0 Å². The fourth-order valence-corrected chi connectivity index (χ4v) is 2.84. The van der Waals surface area contributed by atoms with Crippen molar-refractivity contribution in [3.63, 3.8) is 0 Å². The molecule has 0 aliphatic heterocycles. The lowest BCUT2D eigenvalue weighted by Gasteiger charge is -2.11. The van der Waals surface area contributed by atoms with Gasteiger partial charge >= 0.3 is 5.97 Å². The number of aliphatic carboxylic acids is 1. The van der Waals surface area contributed by atoms with Gasteiger partial charge in [0.1, 0.15) is 29.8 Å². The molecule has 0 spiro atoms. The standard InChI is InChI=1S/C21H17F3N4O3/c1-2-18(27-13-5-3-12(4-6-13)9-28-11-25-10-26-28)19(21(30)31)20(29)14-7-16(23)17(24)8-15(14)22/h3-8,10-11,29H,2,9H2,1H3,(H,30,31). The number of aliphatic hydroxyl groups is 1. The van der Waals surface area contributed by atoms with E-state index in [0.29, 0.717) is 18.3 Å². The van der Waals surface area contributed by atoms with Crippen molar-refractivity contribution in [2.75, 3.05) is 0 Å². The molecule has 3 aromatic rings. The summed E-state index contributed by atoms with van der Waals surface area (Å²) in [6.07, 6.45) is 3.04. The van der Waals surface area contributed by atoms with Gasteiger partial charge in [-0.15, -0.1) is 0 Å². The summed E-state index contributed by atoms with van der Waals surface area (Å²) in [6, 6.07) is 7.42. The Labute approximate surface area is 174 Å². The van der Waals surface area contributed by atoms with E-state index in [-0.39, 0.29) is 18.2 Å². The first-order valence-corrected chi connectivity index (χ1v) is 9.10. The van der Waals surface area contributed by atoms with Gasteiger partial charge in [0, 0.05) is 6.07 Å². The van der Waals surface area contributed by atoms with Crippen LogP contribution in [0.25, 0.3) is 5.76 Å². The highest BCUT2D eigenvalue weighted by molar-refractivity contribution is 6.24. The summed E-state index contributed by atoms with van der Waals surface area (Å²) in [7, 11) is 0. The summed E-state index contributed by atoms with van der Waals surface area (Å²) in [6.45, 7) is 2.07. The van der Waals surface area contributed by atoms with E-state index < -0.39 is 40.3 Å². The molecule has 0 fully saturated rings. The molecule has 0 saturated heterocycles. The minimum Gasteiger partial charge on any atom is -0.506 e. The molecule has 0 bridgehead atoms. The zero-order valence-corrected chi connectivity index (χ0v) is 16.3. The number of carbonyl (C=O) groups is 1. The smallest absolute Gasteiger partial charge is 0.341 e. The predicted molar refractivity (Wildman–Crippen MR) is 106 cm³/mol. The lowest BCUT2D eigenvalue weighted by atomic mass is 10.0. The van der Waals surface area contributed by atoms with Crippen LogP contribution in [0.2, 0.25) is 0 Å². The molecule has 0 aliphatic rings. The van der Waals surface area contributed by atoms with Gasteiger partial charge in [-0.2, -0.15) is 5.10 Å². The van der Waals surface area contributed by atoms with Crippen LogP contribution in [0.5, 0.6) is 0 Å². The number of hydrogen-bond donors (Lipinski definition) is 2. The lowest BCUT2D eigenvalue weighted by Crippen LogP contribution is -2.15. The average molecular weight is 430 g/mol. The minimum atomic E-state index is -1.59. The molecule has 0 unspecified atom stereocenters. The summed E-state index contributed by atoms with van der Waals surface area (Å²) >= 11 is 0. The molecule has 0 radical (unpaired) electrons. The molecule has 1 aromatic heterocycles. The Kier molecular flexibility index (Phi) is 6.49. The zero-order valence-electron chi connectivity index (χ0n) is 16.3. The molecule has 2 N–H and O–H groups in total. The maximum Gasteiger partial charge on any atom is 0.341 e. The van der Waals surface area contributed by atoms with E-state index in [9.17, 15) is 28.2 Å². The second kappa shape index (κ2) is 9.24. The van der Waals surface area contributed by atoms with Crippen molar-refractivity contribution in [3.8, 4) is 0 Å². The molecule has 31 heavy (non-hydrogen) atoms. The van der Waals surface area contributed by atoms with Gasteiger partial charge in [0.15, 0.2) is 11.6 Å². The molecule has 3 rings (SSSR count). The monoisotopic (exact) mass is 430 g/mol. The molecule has 0 atom stereocenters. The summed E-state index contributed by atoms with van der Waals surface area (Å²) < 4.78 is 42.4. The molecule has 1 heterocycles. The highest BCUT2D eigenvalue weighted by atomic mass is 19.2. The molecule has 0 saturated carbocycles. The summed E-state index contributed by atoms with van der Waals surface area (Å²) in [5, 5.41) is 24.0. The average Bonchev–Trinajstić information content (AvgIpc) is 3.24. The van der Waals surface area contributed by atoms with Crippen LogP contribution in [0, 0.1) is 17.5 Å². The Morgan fingerprint density at radius 2 is 1.74 bits per heavy atom. The van der Waals surface area contributed by atoms with Crippen molar-refractivity contribution < 1.29 is 28.2 Å². The van der Waals surface area contributed by atoms with Crippen molar-refractivity contribution >= 4 is 23.1 Å². The third-order valence-electron chi connectivity index (χ3n) is 4.35. The van der Waals surface area contributed by atoms with Gasteiger partial charge in [-0.1, -0.05) is 19.1 Å². The van der Waals surface area contributed by atoms with Crippen molar-refractivity contribution in [3.05, 3.63) is 83.2 Å². The first kappa shape index (κ1) is 21.8. The molecule has 2 aromatic carbocycles. The third kappa shape index (κ3) is 4.97. The minimum absolute atomic E-state index is 0.0672. The summed E-state index contributed by atoms with van der Waals surface area (Å²) in [5.41, 5.74) is -0.280. The van der Waals surface area contributed by atoms with E-state index in [1.165, 1.54) is 6.33 Å². The number of aliphatic imine (C=N–C) groups is 1. The van der Waals surface area contributed by atoms with Crippen LogP contribution in [0.4, 0.5) is 18.9 Å². The number of benzene rings is 2. The SMILES string of the molecule is CCC(=Nc1ccc(Cn2cncn2)cc1)C(C(=O)O)=C(O)c1cc(F)c(F)cc1F. The maximum absolute atomic E-state index is 14.1. The van der Waals surface area contributed by atoms with Gasteiger partial charge in [0.25, 0.3) is 0 Å².